The molecule has 0 atom stereocenters. The van der Waals surface area contributed by atoms with E-state index in [0.29, 0.717) is 0 Å². The second-order valence-corrected chi connectivity index (χ2v) is 5.57. The summed E-state index contributed by atoms with van der Waals surface area (Å²) in [6, 6.07) is 6.20. The van der Waals surface area contributed by atoms with Crippen molar-refractivity contribution in [2.24, 2.45) is 0 Å². The highest BCUT2D eigenvalue weighted by atomic mass is 35.5. The highest BCUT2D eigenvalue weighted by Gasteiger charge is 2.18. The molecule has 1 aromatic rings. The van der Waals surface area contributed by atoms with Crippen molar-refractivity contribution in [3.05, 3.63) is 28.8 Å². The smallest absolute Gasteiger partial charge is 0.219 e. The fourth-order valence-electron chi connectivity index (χ4n) is 2.59. The Labute approximate surface area is 125 Å². The summed E-state index contributed by atoms with van der Waals surface area (Å²) in [5.41, 5.74) is 2.25. The van der Waals surface area contributed by atoms with Crippen LogP contribution < -0.4 is 10.2 Å². The molecule has 0 saturated carbocycles. The number of amides is 1. The Kier molecular flexibility index (Phi) is 5.26. The van der Waals surface area contributed by atoms with E-state index in [2.05, 4.69) is 22.3 Å². The van der Waals surface area contributed by atoms with Gasteiger partial charge in [0.1, 0.15) is 0 Å². The fraction of sp³-hybridized carbons (Fsp3) is 0.533. The summed E-state index contributed by atoms with van der Waals surface area (Å²) in [6.07, 6.45) is 0.980. The Morgan fingerprint density at radius 2 is 2.10 bits per heavy atom. The van der Waals surface area contributed by atoms with Gasteiger partial charge >= 0.3 is 0 Å². The van der Waals surface area contributed by atoms with Crippen molar-refractivity contribution in [1.29, 1.82) is 0 Å². The first kappa shape index (κ1) is 15.1. The number of carbonyl (C=O) groups is 1. The average Bonchev–Trinajstić information content (AvgIpc) is 2.65. The minimum absolute atomic E-state index is 0.155. The zero-order valence-corrected chi connectivity index (χ0v) is 12.9. The first-order valence-electron chi connectivity index (χ1n) is 7.05. The van der Waals surface area contributed by atoms with Gasteiger partial charge < -0.3 is 15.1 Å². The summed E-state index contributed by atoms with van der Waals surface area (Å²) < 4.78 is 0. The summed E-state index contributed by atoms with van der Waals surface area (Å²) in [4.78, 5) is 15.6. The third kappa shape index (κ3) is 3.64. The lowest BCUT2D eigenvalue weighted by Crippen LogP contribution is -2.33. The van der Waals surface area contributed by atoms with E-state index in [1.165, 1.54) is 5.56 Å². The summed E-state index contributed by atoms with van der Waals surface area (Å²) >= 11 is 6.40. The maximum atomic E-state index is 11.5. The molecule has 20 heavy (non-hydrogen) atoms. The van der Waals surface area contributed by atoms with Crippen LogP contribution in [0.2, 0.25) is 5.02 Å². The predicted molar refractivity (Wildman–Crippen MR) is 83.3 cm³/mol. The lowest BCUT2D eigenvalue weighted by molar-refractivity contribution is -0.128. The number of hydrogen-bond donors (Lipinski definition) is 1. The van der Waals surface area contributed by atoms with Crippen LogP contribution in [0, 0.1) is 0 Å². The van der Waals surface area contributed by atoms with E-state index in [9.17, 15) is 4.79 Å². The van der Waals surface area contributed by atoms with Crippen LogP contribution in [0.4, 0.5) is 5.69 Å². The largest absolute Gasteiger partial charge is 0.368 e. The number of nitrogens with zero attached hydrogens (tertiary/aromatic N) is 2. The maximum Gasteiger partial charge on any atom is 0.219 e. The zero-order chi connectivity index (χ0) is 14.5. The van der Waals surface area contributed by atoms with E-state index in [-0.39, 0.29) is 5.91 Å². The van der Waals surface area contributed by atoms with E-state index < -0.39 is 0 Å². The summed E-state index contributed by atoms with van der Waals surface area (Å²) in [5.74, 6) is 0.155. The van der Waals surface area contributed by atoms with Crippen molar-refractivity contribution >= 4 is 23.2 Å². The number of rotatable bonds is 3. The first-order valence-corrected chi connectivity index (χ1v) is 7.43. The molecule has 1 aliphatic rings. The topological polar surface area (TPSA) is 35.6 Å². The molecule has 0 unspecified atom stereocenters. The third-order valence-electron chi connectivity index (χ3n) is 3.67. The van der Waals surface area contributed by atoms with Gasteiger partial charge in [0, 0.05) is 39.6 Å². The molecule has 110 valence electrons. The van der Waals surface area contributed by atoms with Gasteiger partial charge in [-0.05, 0) is 31.2 Å². The lowest BCUT2D eigenvalue weighted by atomic mass is 10.2. The van der Waals surface area contributed by atoms with Gasteiger partial charge in [-0.25, -0.2) is 0 Å². The van der Waals surface area contributed by atoms with Crippen LogP contribution >= 0.6 is 11.6 Å². The molecule has 1 N–H and O–H groups in total. The van der Waals surface area contributed by atoms with E-state index in [4.69, 9.17) is 11.6 Å². The van der Waals surface area contributed by atoms with Crippen molar-refractivity contribution in [3.63, 3.8) is 0 Å². The normalized spacial score (nSPS) is 16.1. The summed E-state index contributed by atoms with van der Waals surface area (Å²) in [6.45, 7) is 5.83. The van der Waals surface area contributed by atoms with E-state index in [1.54, 1.807) is 6.92 Å². The van der Waals surface area contributed by atoms with Gasteiger partial charge in [-0.1, -0.05) is 17.7 Å². The van der Waals surface area contributed by atoms with Crippen LogP contribution in [0.25, 0.3) is 0 Å². The molecule has 1 aromatic carbocycles. The molecule has 2 rings (SSSR count). The number of benzene rings is 1. The van der Waals surface area contributed by atoms with Gasteiger partial charge in [0.05, 0.1) is 10.7 Å². The van der Waals surface area contributed by atoms with E-state index >= 15 is 0 Å². The van der Waals surface area contributed by atoms with Gasteiger partial charge in [0.25, 0.3) is 0 Å². The molecular formula is C15H22ClN3O. The average molecular weight is 296 g/mol. The Balaban J connectivity index is 2.09. The van der Waals surface area contributed by atoms with Crippen LogP contribution in [0.1, 0.15) is 18.9 Å². The predicted octanol–water partition coefficient (Wildman–Crippen LogP) is 2.12. The number of hydrogen-bond acceptors (Lipinski definition) is 3. The molecule has 1 fully saturated rings. The highest BCUT2D eigenvalue weighted by Crippen LogP contribution is 2.27. The molecule has 0 aromatic heterocycles. The van der Waals surface area contributed by atoms with Crippen molar-refractivity contribution in [2.75, 3.05) is 38.1 Å². The Morgan fingerprint density at radius 3 is 2.75 bits per heavy atom. The van der Waals surface area contributed by atoms with Crippen LogP contribution in [-0.4, -0.2) is 44.0 Å². The van der Waals surface area contributed by atoms with Gasteiger partial charge in [-0.2, -0.15) is 0 Å². The van der Waals surface area contributed by atoms with E-state index in [1.807, 2.05) is 18.0 Å². The number of nitrogens with one attached hydrogen (secondary N) is 1. The molecule has 1 saturated heterocycles. The molecule has 0 bridgehead atoms. The lowest BCUT2D eigenvalue weighted by Gasteiger charge is -2.24. The second-order valence-electron chi connectivity index (χ2n) is 5.16. The van der Waals surface area contributed by atoms with Crippen molar-refractivity contribution < 1.29 is 4.79 Å². The Morgan fingerprint density at radius 1 is 1.30 bits per heavy atom. The summed E-state index contributed by atoms with van der Waals surface area (Å²) in [7, 11) is 1.92. The van der Waals surface area contributed by atoms with Gasteiger partial charge in [-0.3, -0.25) is 4.79 Å². The molecule has 1 aliphatic heterocycles. The summed E-state index contributed by atoms with van der Waals surface area (Å²) in [5, 5.41) is 3.91. The second kappa shape index (κ2) is 6.95. The molecule has 1 heterocycles. The molecule has 5 heteroatoms. The molecular weight excluding hydrogens is 274 g/mol. The van der Waals surface area contributed by atoms with Gasteiger partial charge in [0.2, 0.25) is 5.91 Å². The minimum Gasteiger partial charge on any atom is -0.368 e. The fourth-order valence-corrected chi connectivity index (χ4v) is 2.92. The molecule has 4 nitrogen and oxygen atoms in total. The molecule has 0 aliphatic carbocycles. The number of anilines is 1. The first-order chi connectivity index (χ1) is 9.61. The maximum absolute atomic E-state index is 11.5. The molecule has 0 spiro atoms. The van der Waals surface area contributed by atoms with Gasteiger partial charge in [-0.15, -0.1) is 0 Å². The van der Waals surface area contributed by atoms with Crippen LogP contribution in [0.15, 0.2) is 18.2 Å². The number of halogens is 1. The highest BCUT2D eigenvalue weighted by molar-refractivity contribution is 6.33. The monoisotopic (exact) mass is 295 g/mol. The van der Waals surface area contributed by atoms with Crippen LogP contribution in [-0.2, 0) is 11.3 Å². The third-order valence-corrected chi connectivity index (χ3v) is 3.98. The van der Waals surface area contributed by atoms with Crippen LogP contribution in [0.3, 0.4) is 0 Å². The van der Waals surface area contributed by atoms with Crippen LogP contribution in [0.5, 0.6) is 0 Å². The minimum atomic E-state index is 0.155. The molecule has 0 radical (unpaired) electrons. The van der Waals surface area contributed by atoms with E-state index in [0.717, 1.165) is 49.9 Å². The Hall–Kier alpha value is -1.26. The standard InChI is InChI=1S/C15H22ClN3O/c1-12(20)18-6-3-7-19(9-8-18)15-5-4-13(11-17-2)10-14(15)16/h4-5,10,17H,3,6-9,11H2,1-2H3. The SMILES string of the molecule is CNCc1ccc(N2CCCN(C(C)=O)CC2)c(Cl)c1. The quantitative estimate of drug-likeness (QED) is 0.928. The van der Waals surface area contributed by atoms with Gasteiger partial charge in [0.15, 0.2) is 0 Å². The molecule has 1 amide bonds. The van der Waals surface area contributed by atoms with Crippen molar-refractivity contribution in [2.45, 2.75) is 19.9 Å². The number of carbonyl (C=O) groups excluding carboxylic acids is 1. The Bertz CT molecular complexity index is 478. The zero-order valence-electron chi connectivity index (χ0n) is 12.2. The van der Waals surface area contributed by atoms with Crippen molar-refractivity contribution in [3.8, 4) is 0 Å². The van der Waals surface area contributed by atoms with Crippen molar-refractivity contribution in [1.82, 2.24) is 10.2 Å².